The zero-order valence-corrected chi connectivity index (χ0v) is 12.7. The second-order valence-electron chi connectivity index (χ2n) is 5.43. The number of aryl methyl sites for hydroxylation is 1. The van der Waals surface area contributed by atoms with Gasteiger partial charge in [-0.05, 0) is 22.4 Å². The molecular weight excluding hydrogens is 280 g/mol. The number of hydrogen-bond donors (Lipinski definition) is 1. The van der Waals surface area contributed by atoms with Gasteiger partial charge in [0.25, 0.3) is 0 Å². The van der Waals surface area contributed by atoms with Crippen molar-refractivity contribution < 1.29 is 4.74 Å². The number of benzene rings is 1. The normalized spacial score (nSPS) is 16.0. The lowest BCUT2D eigenvalue weighted by Gasteiger charge is -2.26. The number of nitrogens with zero attached hydrogens (tertiary/aromatic N) is 5. The Balaban J connectivity index is 1.59. The zero-order valence-electron chi connectivity index (χ0n) is 12.7. The van der Waals surface area contributed by atoms with Crippen LogP contribution in [0.15, 0.2) is 24.3 Å². The van der Waals surface area contributed by atoms with Gasteiger partial charge < -0.3 is 10.5 Å². The minimum atomic E-state index is 0.546. The summed E-state index contributed by atoms with van der Waals surface area (Å²) in [5.41, 5.74) is 7.75. The van der Waals surface area contributed by atoms with Crippen molar-refractivity contribution in [1.29, 1.82) is 0 Å². The van der Waals surface area contributed by atoms with Crippen LogP contribution in [0.5, 0.6) is 0 Å². The molecule has 0 spiro atoms. The molecule has 7 heteroatoms. The maximum Gasteiger partial charge on any atom is 0.182 e. The number of hydrogen-bond acceptors (Lipinski definition) is 6. The summed E-state index contributed by atoms with van der Waals surface area (Å²) >= 11 is 0. The average molecular weight is 302 g/mol. The molecule has 3 rings (SSSR count). The number of aromatic nitrogens is 4. The number of rotatable bonds is 6. The molecule has 0 radical (unpaired) electrons. The van der Waals surface area contributed by atoms with E-state index >= 15 is 0 Å². The molecule has 0 aliphatic carbocycles. The van der Waals surface area contributed by atoms with E-state index in [0.717, 1.165) is 62.8 Å². The van der Waals surface area contributed by atoms with Gasteiger partial charge in [0.05, 0.1) is 13.2 Å². The molecule has 118 valence electrons. The van der Waals surface area contributed by atoms with E-state index in [0.29, 0.717) is 6.54 Å². The van der Waals surface area contributed by atoms with E-state index in [9.17, 15) is 0 Å². The van der Waals surface area contributed by atoms with Gasteiger partial charge in [-0.2, -0.15) is 0 Å². The molecule has 1 aliphatic heterocycles. The van der Waals surface area contributed by atoms with Crippen LogP contribution < -0.4 is 5.73 Å². The first-order valence-corrected chi connectivity index (χ1v) is 7.72. The summed E-state index contributed by atoms with van der Waals surface area (Å²) in [5.74, 6) is 0.811. The lowest BCUT2D eigenvalue weighted by Crippen LogP contribution is -2.37. The van der Waals surface area contributed by atoms with Gasteiger partial charge in [0.2, 0.25) is 0 Å². The lowest BCUT2D eigenvalue weighted by atomic mass is 10.1. The van der Waals surface area contributed by atoms with Gasteiger partial charge in [-0.25, -0.2) is 4.68 Å². The van der Waals surface area contributed by atoms with Crippen molar-refractivity contribution in [3.05, 3.63) is 29.8 Å². The van der Waals surface area contributed by atoms with Crippen LogP contribution >= 0.6 is 0 Å². The van der Waals surface area contributed by atoms with Crippen LogP contribution in [0.3, 0.4) is 0 Å². The van der Waals surface area contributed by atoms with E-state index in [2.05, 4.69) is 20.4 Å². The van der Waals surface area contributed by atoms with Crippen LogP contribution in [0.4, 0.5) is 0 Å². The Morgan fingerprint density at radius 1 is 1.09 bits per heavy atom. The molecule has 22 heavy (non-hydrogen) atoms. The van der Waals surface area contributed by atoms with E-state index in [1.807, 2.05) is 28.9 Å². The summed E-state index contributed by atoms with van der Waals surface area (Å²) < 4.78 is 7.23. The molecule has 2 aromatic rings. The van der Waals surface area contributed by atoms with Gasteiger partial charge in [-0.3, -0.25) is 4.90 Å². The Labute approximate surface area is 130 Å². The third-order valence-electron chi connectivity index (χ3n) is 3.93. The highest BCUT2D eigenvalue weighted by atomic mass is 16.5. The molecule has 0 unspecified atom stereocenters. The zero-order chi connectivity index (χ0) is 15.2. The second-order valence-corrected chi connectivity index (χ2v) is 5.43. The number of ether oxygens (including phenoxy) is 1. The van der Waals surface area contributed by atoms with Crippen LogP contribution in [0.1, 0.15) is 12.0 Å². The summed E-state index contributed by atoms with van der Waals surface area (Å²) in [7, 11) is 0. The fourth-order valence-electron chi connectivity index (χ4n) is 2.62. The number of nitrogens with two attached hydrogens (primary N) is 1. The Bertz CT molecular complexity index is 576. The molecule has 0 atom stereocenters. The van der Waals surface area contributed by atoms with Crippen molar-refractivity contribution in [3.8, 4) is 11.4 Å². The lowest BCUT2D eigenvalue weighted by molar-refractivity contribution is 0.0368. The summed E-state index contributed by atoms with van der Waals surface area (Å²) in [4.78, 5) is 2.42. The highest BCUT2D eigenvalue weighted by Gasteiger charge is 2.12. The second kappa shape index (κ2) is 7.44. The molecule has 0 saturated carbocycles. The summed E-state index contributed by atoms with van der Waals surface area (Å²) in [5, 5.41) is 12.1. The summed E-state index contributed by atoms with van der Waals surface area (Å²) in [6.07, 6.45) is 1.03. The largest absolute Gasteiger partial charge is 0.379 e. The minimum absolute atomic E-state index is 0.546. The third-order valence-corrected chi connectivity index (χ3v) is 3.93. The van der Waals surface area contributed by atoms with E-state index in [1.165, 1.54) is 0 Å². The van der Waals surface area contributed by atoms with Gasteiger partial charge in [-0.15, -0.1) is 5.10 Å². The van der Waals surface area contributed by atoms with Crippen molar-refractivity contribution >= 4 is 0 Å². The summed E-state index contributed by atoms with van der Waals surface area (Å²) in [6, 6.07) is 8.07. The van der Waals surface area contributed by atoms with Crippen molar-refractivity contribution in [1.82, 2.24) is 25.1 Å². The monoisotopic (exact) mass is 302 g/mol. The Morgan fingerprint density at radius 3 is 2.59 bits per heavy atom. The van der Waals surface area contributed by atoms with Crippen LogP contribution in [0.2, 0.25) is 0 Å². The standard InChI is InChI=1S/C15H22N6O/c16-12-13-2-4-14(5-3-13)15-17-18-19-21(15)7-1-6-20-8-10-22-11-9-20/h2-5H,1,6-12,16H2. The highest BCUT2D eigenvalue weighted by molar-refractivity contribution is 5.54. The Kier molecular flexibility index (Phi) is 5.10. The van der Waals surface area contributed by atoms with Crippen molar-refractivity contribution in [3.63, 3.8) is 0 Å². The molecule has 1 aromatic heterocycles. The number of tetrazole rings is 1. The quantitative estimate of drug-likeness (QED) is 0.838. The van der Waals surface area contributed by atoms with Gasteiger partial charge >= 0.3 is 0 Å². The fourth-order valence-corrected chi connectivity index (χ4v) is 2.62. The van der Waals surface area contributed by atoms with Gasteiger partial charge in [0.1, 0.15) is 0 Å². The Morgan fingerprint density at radius 2 is 1.86 bits per heavy atom. The molecule has 1 aromatic carbocycles. The first-order chi connectivity index (χ1) is 10.9. The first kappa shape index (κ1) is 15.1. The van der Waals surface area contributed by atoms with Crippen LogP contribution in [0, 0.1) is 0 Å². The molecule has 0 amide bonds. The van der Waals surface area contributed by atoms with Crippen LogP contribution in [-0.2, 0) is 17.8 Å². The van der Waals surface area contributed by atoms with E-state index in [-0.39, 0.29) is 0 Å². The van der Waals surface area contributed by atoms with Gasteiger partial charge in [-0.1, -0.05) is 24.3 Å². The SMILES string of the molecule is NCc1ccc(-c2nnnn2CCCN2CCOCC2)cc1. The summed E-state index contributed by atoms with van der Waals surface area (Å²) in [6.45, 7) is 6.12. The topological polar surface area (TPSA) is 82.1 Å². The first-order valence-electron chi connectivity index (χ1n) is 7.72. The maximum atomic E-state index is 5.63. The van der Waals surface area contributed by atoms with Crippen molar-refractivity contribution in [2.24, 2.45) is 5.73 Å². The van der Waals surface area contributed by atoms with E-state index in [4.69, 9.17) is 10.5 Å². The van der Waals surface area contributed by atoms with Crippen molar-refractivity contribution in [2.75, 3.05) is 32.8 Å². The average Bonchev–Trinajstić information content (AvgIpc) is 3.04. The predicted molar refractivity (Wildman–Crippen MR) is 83.0 cm³/mol. The smallest absolute Gasteiger partial charge is 0.182 e. The van der Waals surface area contributed by atoms with Gasteiger partial charge in [0, 0.05) is 38.3 Å². The van der Waals surface area contributed by atoms with Crippen LogP contribution in [-0.4, -0.2) is 58.0 Å². The third kappa shape index (κ3) is 3.68. The Hall–Kier alpha value is -1.83. The fraction of sp³-hybridized carbons (Fsp3) is 0.533. The van der Waals surface area contributed by atoms with Crippen molar-refractivity contribution in [2.45, 2.75) is 19.5 Å². The molecule has 1 saturated heterocycles. The molecule has 0 bridgehead atoms. The molecular formula is C15H22N6O. The molecule has 2 N–H and O–H groups in total. The van der Waals surface area contributed by atoms with E-state index < -0.39 is 0 Å². The number of morpholine rings is 1. The minimum Gasteiger partial charge on any atom is -0.379 e. The maximum absolute atomic E-state index is 5.63. The molecule has 1 fully saturated rings. The molecule has 2 heterocycles. The van der Waals surface area contributed by atoms with Gasteiger partial charge in [0.15, 0.2) is 5.82 Å². The highest BCUT2D eigenvalue weighted by Crippen LogP contribution is 2.16. The molecule has 1 aliphatic rings. The predicted octanol–water partition coefficient (Wildman–Crippen LogP) is 0.521. The van der Waals surface area contributed by atoms with Crippen LogP contribution in [0.25, 0.3) is 11.4 Å². The van der Waals surface area contributed by atoms with E-state index in [1.54, 1.807) is 0 Å². The molecule has 7 nitrogen and oxygen atoms in total.